The van der Waals surface area contributed by atoms with E-state index in [9.17, 15) is 14.4 Å². The normalized spacial score (nSPS) is 9.96. The molecule has 0 atom stereocenters. The maximum absolute atomic E-state index is 12.0. The second-order valence-corrected chi connectivity index (χ2v) is 5.50. The van der Waals surface area contributed by atoms with E-state index < -0.39 is 11.8 Å². The van der Waals surface area contributed by atoms with Gasteiger partial charge in [-0.15, -0.1) is 0 Å². The van der Waals surface area contributed by atoms with E-state index in [-0.39, 0.29) is 25.4 Å². The van der Waals surface area contributed by atoms with Crippen LogP contribution in [0.2, 0.25) is 0 Å². The number of rotatable bonds is 9. The predicted molar refractivity (Wildman–Crippen MR) is 100 cm³/mol. The summed E-state index contributed by atoms with van der Waals surface area (Å²) < 4.78 is 5.42. The molecule has 0 saturated carbocycles. The maximum atomic E-state index is 12.0. The molecular weight excluding hydrogens is 348 g/mol. The van der Waals surface area contributed by atoms with E-state index in [0.717, 1.165) is 0 Å². The molecule has 3 N–H and O–H groups in total. The van der Waals surface area contributed by atoms with Crippen molar-refractivity contribution in [2.75, 3.05) is 25.0 Å². The zero-order chi connectivity index (χ0) is 19.5. The van der Waals surface area contributed by atoms with Crippen LogP contribution in [-0.4, -0.2) is 42.4 Å². The number of carbonyl (C=O) groups excluding carboxylic acids is 3. The first kappa shape index (κ1) is 19.9. The summed E-state index contributed by atoms with van der Waals surface area (Å²) in [7, 11) is 0. The summed E-state index contributed by atoms with van der Waals surface area (Å²) in [6, 6.07) is 10.2. The molecule has 8 heteroatoms. The minimum atomic E-state index is -0.444. The van der Waals surface area contributed by atoms with Crippen molar-refractivity contribution in [1.82, 2.24) is 15.6 Å². The fourth-order valence-electron chi connectivity index (χ4n) is 2.24. The molecule has 3 amide bonds. The number of hydrogen-bond acceptors (Lipinski definition) is 5. The molecule has 0 aliphatic rings. The van der Waals surface area contributed by atoms with Crippen LogP contribution in [0, 0.1) is 0 Å². The Hall–Kier alpha value is -3.42. The van der Waals surface area contributed by atoms with E-state index in [1.807, 2.05) is 6.92 Å². The molecule has 0 aliphatic carbocycles. The Kier molecular flexibility index (Phi) is 7.77. The highest BCUT2D eigenvalue weighted by Gasteiger charge is 2.12. The Bertz CT molecular complexity index is 780. The van der Waals surface area contributed by atoms with Gasteiger partial charge in [-0.25, -0.2) is 0 Å². The van der Waals surface area contributed by atoms with Gasteiger partial charge < -0.3 is 20.7 Å². The van der Waals surface area contributed by atoms with Crippen LogP contribution in [0.25, 0.3) is 0 Å². The van der Waals surface area contributed by atoms with Crippen molar-refractivity contribution in [2.45, 2.75) is 13.3 Å². The van der Waals surface area contributed by atoms with Crippen molar-refractivity contribution in [3.05, 3.63) is 54.4 Å². The Balaban J connectivity index is 1.69. The minimum absolute atomic E-state index is 0.221. The molecule has 0 spiro atoms. The number of anilines is 1. The van der Waals surface area contributed by atoms with E-state index in [4.69, 9.17) is 4.74 Å². The monoisotopic (exact) mass is 370 g/mol. The van der Waals surface area contributed by atoms with Crippen LogP contribution in [-0.2, 0) is 9.59 Å². The van der Waals surface area contributed by atoms with Crippen molar-refractivity contribution in [3.63, 3.8) is 0 Å². The molecule has 1 aromatic carbocycles. The zero-order valence-corrected chi connectivity index (χ0v) is 15.0. The Morgan fingerprint density at radius 2 is 1.67 bits per heavy atom. The SMILES string of the molecule is CCOc1ccccc1NC(=O)CC(=O)NCCNC(=O)c1ccncc1. The molecule has 0 unspecified atom stereocenters. The average Bonchev–Trinajstić information content (AvgIpc) is 2.67. The second kappa shape index (κ2) is 10.5. The van der Waals surface area contributed by atoms with Crippen molar-refractivity contribution in [2.24, 2.45) is 0 Å². The first-order valence-electron chi connectivity index (χ1n) is 8.56. The molecule has 0 saturated heterocycles. The summed E-state index contributed by atoms with van der Waals surface area (Å²) in [5.74, 6) is -0.579. The van der Waals surface area contributed by atoms with E-state index >= 15 is 0 Å². The van der Waals surface area contributed by atoms with E-state index in [0.29, 0.717) is 23.6 Å². The summed E-state index contributed by atoms with van der Waals surface area (Å²) in [5.41, 5.74) is 1.01. The van der Waals surface area contributed by atoms with Crippen LogP contribution in [0.4, 0.5) is 5.69 Å². The molecule has 8 nitrogen and oxygen atoms in total. The molecule has 142 valence electrons. The van der Waals surface area contributed by atoms with Gasteiger partial charge in [0.05, 0.1) is 12.3 Å². The fourth-order valence-corrected chi connectivity index (χ4v) is 2.24. The van der Waals surface area contributed by atoms with Gasteiger partial charge in [-0.2, -0.15) is 0 Å². The first-order valence-corrected chi connectivity index (χ1v) is 8.56. The standard InChI is InChI=1S/C19H22N4O4/c1-2-27-16-6-4-3-5-15(16)23-18(25)13-17(24)21-11-12-22-19(26)14-7-9-20-10-8-14/h3-10H,2,11-13H2,1H3,(H,21,24)(H,22,26)(H,23,25). The van der Waals surface area contributed by atoms with Gasteiger partial charge in [-0.1, -0.05) is 12.1 Å². The Morgan fingerprint density at radius 3 is 2.41 bits per heavy atom. The van der Waals surface area contributed by atoms with Crippen LogP contribution in [0.15, 0.2) is 48.8 Å². The Labute approximate surface area is 157 Å². The molecule has 1 aromatic heterocycles. The third-order valence-corrected chi connectivity index (χ3v) is 3.46. The molecule has 0 bridgehead atoms. The van der Waals surface area contributed by atoms with Crippen LogP contribution in [0.5, 0.6) is 5.75 Å². The van der Waals surface area contributed by atoms with Gasteiger partial charge in [0.1, 0.15) is 12.2 Å². The van der Waals surface area contributed by atoms with Crippen LogP contribution in [0.3, 0.4) is 0 Å². The highest BCUT2D eigenvalue weighted by Crippen LogP contribution is 2.23. The van der Waals surface area contributed by atoms with Gasteiger partial charge in [-0.05, 0) is 31.2 Å². The summed E-state index contributed by atoms with van der Waals surface area (Å²) in [6.45, 7) is 2.79. The van der Waals surface area contributed by atoms with Gasteiger partial charge in [-0.3, -0.25) is 19.4 Å². The van der Waals surface area contributed by atoms with Gasteiger partial charge in [0.25, 0.3) is 5.91 Å². The fraction of sp³-hybridized carbons (Fsp3) is 0.263. The van der Waals surface area contributed by atoms with Crippen LogP contribution >= 0.6 is 0 Å². The zero-order valence-electron chi connectivity index (χ0n) is 15.0. The second-order valence-electron chi connectivity index (χ2n) is 5.50. The van der Waals surface area contributed by atoms with Gasteiger partial charge in [0.15, 0.2) is 0 Å². The molecule has 0 aliphatic heterocycles. The maximum Gasteiger partial charge on any atom is 0.251 e. The highest BCUT2D eigenvalue weighted by molar-refractivity contribution is 6.04. The highest BCUT2D eigenvalue weighted by atomic mass is 16.5. The van der Waals surface area contributed by atoms with Crippen molar-refractivity contribution in [1.29, 1.82) is 0 Å². The summed E-state index contributed by atoms with van der Waals surface area (Å²) in [4.78, 5) is 39.5. The molecule has 1 heterocycles. The lowest BCUT2D eigenvalue weighted by atomic mass is 10.2. The first-order chi connectivity index (χ1) is 13.1. The number of para-hydroxylation sites is 2. The summed E-state index contributed by atoms with van der Waals surface area (Å²) >= 11 is 0. The number of aromatic nitrogens is 1. The summed E-state index contributed by atoms with van der Waals surface area (Å²) in [5, 5.41) is 7.91. The lowest BCUT2D eigenvalue weighted by molar-refractivity contribution is -0.126. The number of ether oxygens (including phenoxy) is 1. The van der Waals surface area contributed by atoms with Gasteiger partial charge in [0, 0.05) is 31.0 Å². The lowest BCUT2D eigenvalue weighted by Gasteiger charge is -2.11. The molecule has 27 heavy (non-hydrogen) atoms. The molecular formula is C19H22N4O4. The number of hydrogen-bond donors (Lipinski definition) is 3. The number of benzene rings is 1. The van der Waals surface area contributed by atoms with E-state index in [1.165, 1.54) is 12.4 Å². The number of pyridine rings is 1. The minimum Gasteiger partial charge on any atom is -0.492 e. The van der Waals surface area contributed by atoms with Crippen molar-refractivity contribution < 1.29 is 19.1 Å². The van der Waals surface area contributed by atoms with Gasteiger partial charge in [0.2, 0.25) is 11.8 Å². The van der Waals surface area contributed by atoms with Crippen molar-refractivity contribution >= 4 is 23.4 Å². The van der Waals surface area contributed by atoms with Crippen LogP contribution < -0.4 is 20.7 Å². The number of amides is 3. The van der Waals surface area contributed by atoms with Crippen LogP contribution in [0.1, 0.15) is 23.7 Å². The molecule has 0 radical (unpaired) electrons. The van der Waals surface area contributed by atoms with E-state index in [1.54, 1.807) is 36.4 Å². The third-order valence-electron chi connectivity index (χ3n) is 3.46. The molecule has 0 fully saturated rings. The topological polar surface area (TPSA) is 109 Å². The van der Waals surface area contributed by atoms with Gasteiger partial charge >= 0.3 is 0 Å². The smallest absolute Gasteiger partial charge is 0.251 e. The quantitative estimate of drug-likeness (QED) is 0.456. The lowest BCUT2D eigenvalue weighted by Crippen LogP contribution is -2.36. The average molecular weight is 370 g/mol. The summed E-state index contributed by atoms with van der Waals surface area (Å²) in [6.07, 6.45) is 2.73. The number of carbonyl (C=O) groups is 3. The molecule has 2 aromatic rings. The number of nitrogens with zero attached hydrogens (tertiary/aromatic N) is 1. The number of nitrogens with one attached hydrogen (secondary N) is 3. The van der Waals surface area contributed by atoms with E-state index in [2.05, 4.69) is 20.9 Å². The third kappa shape index (κ3) is 6.77. The van der Waals surface area contributed by atoms with Crippen molar-refractivity contribution in [3.8, 4) is 5.75 Å². The molecule has 2 rings (SSSR count). The largest absolute Gasteiger partial charge is 0.492 e. The Morgan fingerprint density at radius 1 is 0.963 bits per heavy atom. The predicted octanol–water partition coefficient (Wildman–Crippen LogP) is 1.36.